The monoisotopic (exact) mass is 641 g/mol. The molecule has 0 radical (unpaired) electrons. The van der Waals surface area contributed by atoms with Crippen molar-refractivity contribution in [1.29, 1.82) is 0 Å². The summed E-state index contributed by atoms with van der Waals surface area (Å²) >= 11 is 1.46. The average Bonchev–Trinajstić information content (AvgIpc) is 3.64. The van der Waals surface area contributed by atoms with Crippen molar-refractivity contribution in [3.05, 3.63) is 66.0 Å². The van der Waals surface area contributed by atoms with E-state index in [1.165, 1.54) is 11.3 Å². The molecular formula is C34H39N7O4S. The van der Waals surface area contributed by atoms with E-state index in [4.69, 9.17) is 4.74 Å². The van der Waals surface area contributed by atoms with Crippen LogP contribution in [0.15, 0.2) is 48.9 Å². The van der Waals surface area contributed by atoms with Crippen LogP contribution < -0.4 is 5.32 Å². The lowest BCUT2D eigenvalue weighted by molar-refractivity contribution is -0.125. The fourth-order valence-electron chi connectivity index (χ4n) is 6.86. The third kappa shape index (κ3) is 6.52. The predicted molar refractivity (Wildman–Crippen MR) is 175 cm³/mol. The van der Waals surface area contributed by atoms with Crippen LogP contribution >= 0.6 is 11.3 Å². The first-order valence-corrected chi connectivity index (χ1v) is 16.9. The molecule has 4 heterocycles. The van der Waals surface area contributed by atoms with E-state index in [9.17, 15) is 14.7 Å². The number of rotatable bonds is 8. The second-order valence-electron chi connectivity index (χ2n) is 12.8. The van der Waals surface area contributed by atoms with Crippen molar-refractivity contribution in [2.75, 3.05) is 25.0 Å². The second kappa shape index (κ2) is 13.1. The molecule has 3 fully saturated rings. The molecule has 2 aliphatic carbocycles. The number of piperazine rings is 1. The van der Waals surface area contributed by atoms with Gasteiger partial charge in [0.1, 0.15) is 6.61 Å². The number of benzene rings is 1. The number of anilines is 1. The summed E-state index contributed by atoms with van der Waals surface area (Å²) < 4.78 is 6.78. The van der Waals surface area contributed by atoms with Crippen LogP contribution in [-0.2, 0) is 16.1 Å². The summed E-state index contributed by atoms with van der Waals surface area (Å²) in [7, 11) is 0. The Morgan fingerprint density at radius 3 is 2.63 bits per heavy atom. The van der Waals surface area contributed by atoms with Gasteiger partial charge in [0.2, 0.25) is 5.91 Å². The van der Waals surface area contributed by atoms with E-state index in [0.717, 1.165) is 65.7 Å². The minimum atomic E-state index is -0.399. The van der Waals surface area contributed by atoms with Crippen LogP contribution in [0.4, 0.5) is 5.13 Å². The highest BCUT2D eigenvalue weighted by Gasteiger charge is 2.41. The first-order valence-electron chi connectivity index (χ1n) is 16.1. The van der Waals surface area contributed by atoms with Gasteiger partial charge in [0, 0.05) is 73.0 Å². The van der Waals surface area contributed by atoms with E-state index in [2.05, 4.69) is 37.1 Å². The SMILES string of the molecule is Cc1cc(C(=O)N2CCN(C3CC(C(=O)Nc4nc5ccc(-c6cnc(CO[C@H]7CCC[C@@H]7O)nc6)cc5s4)C3)[C@@H](C)C2)ccn1. The van der Waals surface area contributed by atoms with Gasteiger partial charge in [-0.3, -0.25) is 19.5 Å². The van der Waals surface area contributed by atoms with Gasteiger partial charge in [-0.05, 0) is 75.8 Å². The number of aryl methyl sites for hydroxylation is 1. The summed E-state index contributed by atoms with van der Waals surface area (Å²) in [4.78, 5) is 48.3. The number of aromatic nitrogens is 4. The molecule has 1 aromatic carbocycles. The molecule has 1 aliphatic heterocycles. The third-order valence-electron chi connectivity index (χ3n) is 9.56. The van der Waals surface area contributed by atoms with Crippen LogP contribution in [0.25, 0.3) is 21.3 Å². The van der Waals surface area contributed by atoms with Gasteiger partial charge in [0.25, 0.3) is 5.91 Å². The molecule has 1 saturated heterocycles. The molecule has 2 N–H and O–H groups in total. The maximum Gasteiger partial charge on any atom is 0.254 e. The number of carbonyl (C=O) groups is 2. The number of hydrogen-bond acceptors (Lipinski definition) is 10. The first kappa shape index (κ1) is 30.8. The number of thiazole rings is 1. The molecule has 4 aromatic rings. The fraction of sp³-hybridized carbons (Fsp3) is 0.471. The van der Waals surface area contributed by atoms with Crippen molar-refractivity contribution in [2.45, 2.75) is 76.9 Å². The summed E-state index contributed by atoms with van der Waals surface area (Å²) in [5.41, 5.74) is 4.22. The van der Waals surface area contributed by atoms with Crippen molar-refractivity contribution in [3.8, 4) is 11.1 Å². The molecular weight excluding hydrogens is 602 g/mol. The number of nitrogens with zero attached hydrogens (tertiary/aromatic N) is 6. The Morgan fingerprint density at radius 2 is 1.89 bits per heavy atom. The number of pyridine rings is 1. The average molecular weight is 642 g/mol. The summed E-state index contributed by atoms with van der Waals surface area (Å²) in [5, 5.41) is 13.6. The molecule has 0 bridgehead atoms. The lowest BCUT2D eigenvalue weighted by Crippen LogP contribution is -2.60. The van der Waals surface area contributed by atoms with Crippen molar-refractivity contribution in [3.63, 3.8) is 0 Å². The molecule has 3 aliphatic rings. The number of nitrogens with one attached hydrogen (secondary N) is 1. The van der Waals surface area contributed by atoms with Gasteiger partial charge in [-0.1, -0.05) is 17.4 Å². The van der Waals surface area contributed by atoms with Crippen LogP contribution in [0.1, 0.15) is 60.9 Å². The number of amides is 2. The van der Waals surface area contributed by atoms with Crippen LogP contribution in [0.3, 0.4) is 0 Å². The molecule has 2 saturated carbocycles. The number of carbonyl (C=O) groups excluding carboxylic acids is 2. The Hall–Kier alpha value is -3.84. The first-order chi connectivity index (χ1) is 22.3. The normalized spacial score (nSPS) is 25.0. The number of aliphatic hydroxyl groups excluding tert-OH is 1. The van der Waals surface area contributed by atoms with Gasteiger partial charge >= 0.3 is 0 Å². The summed E-state index contributed by atoms with van der Waals surface area (Å²) in [6, 6.07) is 10.2. The number of fused-ring (bicyclic) bond motifs is 1. The molecule has 0 unspecified atom stereocenters. The van der Waals surface area contributed by atoms with Crippen molar-refractivity contribution >= 4 is 38.5 Å². The quantitative estimate of drug-likeness (QED) is 0.286. The molecule has 0 spiro atoms. The van der Waals surface area contributed by atoms with Crippen molar-refractivity contribution < 1.29 is 19.4 Å². The molecule has 11 nitrogen and oxygen atoms in total. The largest absolute Gasteiger partial charge is 0.390 e. The topological polar surface area (TPSA) is 134 Å². The third-order valence-corrected chi connectivity index (χ3v) is 10.5. The van der Waals surface area contributed by atoms with E-state index in [1.807, 2.05) is 36.1 Å². The van der Waals surface area contributed by atoms with Crippen LogP contribution in [0.5, 0.6) is 0 Å². The highest BCUT2D eigenvalue weighted by molar-refractivity contribution is 7.22. The Morgan fingerprint density at radius 1 is 1.07 bits per heavy atom. The van der Waals surface area contributed by atoms with Gasteiger partial charge in [0.05, 0.1) is 22.4 Å². The molecule has 240 valence electrons. The summed E-state index contributed by atoms with van der Waals surface area (Å²) in [6.45, 7) is 6.51. The zero-order valence-corrected chi connectivity index (χ0v) is 26.9. The molecule has 7 rings (SSSR count). The van der Waals surface area contributed by atoms with Crippen LogP contribution in [-0.4, -0.2) is 90.6 Å². The number of aliphatic hydroxyl groups is 1. The van der Waals surface area contributed by atoms with Gasteiger partial charge in [-0.15, -0.1) is 0 Å². The molecule has 3 atom stereocenters. The van der Waals surface area contributed by atoms with Gasteiger partial charge < -0.3 is 20.1 Å². The van der Waals surface area contributed by atoms with E-state index in [0.29, 0.717) is 35.7 Å². The predicted octanol–water partition coefficient (Wildman–Crippen LogP) is 4.45. The van der Waals surface area contributed by atoms with Crippen molar-refractivity contribution in [1.82, 2.24) is 29.7 Å². The molecule has 12 heteroatoms. The number of ether oxygens (including phenoxy) is 1. The van der Waals surface area contributed by atoms with E-state index >= 15 is 0 Å². The lowest BCUT2D eigenvalue weighted by Gasteiger charge is -2.49. The maximum absolute atomic E-state index is 13.1. The fourth-order valence-corrected chi connectivity index (χ4v) is 7.77. The molecule has 2 amide bonds. The van der Waals surface area contributed by atoms with Gasteiger partial charge in [0.15, 0.2) is 11.0 Å². The van der Waals surface area contributed by atoms with E-state index in [1.54, 1.807) is 24.7 Å². The van der Waals surface area contributed by atoms with Gasteiger partial charge in [-0.2, -0.15) is 0 Å². The summed E-state index contributed by atoms with van der Waals surface area (Å²) in [6.07, 6.45) is 8.98. The maximum atomic E-state index is 13.1. The van der Waals surface area contributed by atoms with Crippen LogP contribution in [0, 0.1) is 12.8 Å². The standard InChI is InChI=1S/C34H39N7O4S/c1-20-12-23(8-9-35-20)33(44)40-10-11-41(21(2)18-40)26-13-24(14-26)32(43)39-34-38-27-7-6-22(15-30(27)46-34)25-16-36-31(37-17-25)19-45-29-5-3-4-28(29)42/h6-9,12,15-17,21,24,26,28-29,42H,3-5,10-11,13-14,18-19H2,1-2H3,(H,38,39,43)/t21-,24?,26?,28-,29-/m0/s1. The summed E-state index contributed by atoms with van der Waals surface area (Å²) in [5.74, 6) is 0.615. The van der Waals surface area contributed by atoms with Crippen LogP contribution in [0.2, 0.25) is 0 Å². The highest BCUT2D eigenvalue weighted by atomic mass is 32.1. The van der Waals surface area contributed by atoms with Crippen molar-refractivity contribution in [2.24, 2.45) is 5.92 Å². The molecule has 46 heavy (non-hydrogen) atoms. The lowest BCUT2D eigenvalue weighted by atomic mass is 9.78. The zero-order valence-electron chi connectivity index (χ0n) is 26.1. The smallest absolute Gasteiger partial charge is 0.254 e. The Labute approximate surface area is 272 Å². The Balaban J connectivity index is 0.902. The van der Waals surface area contributed by atoms with E-state index in [-0.39, 0.29) is 36.5 Å². The zero-order chi connectivity index (χ0) is 31.8. The number of hydrogen-bond donors (Lipinski definition) is 2. The highest BCUT2D eigenvalue weighted by Crippen LogP contribution is 2.36. The Bertz CT molecular complexity index is 1720. The minimum absolute atomic E-state index is 0.0152. The minimum Gasteiger partial charge on any atom is -0.390 e. The van der Waals surface area contributed by atoms with E-state index < -0.39 is 6.10 Å². The second-order valence-corrected chi connectivity index (χ2v) is 13.8. The Kier molecular flexibility index (Phi) is 8.78. The van der Waals surface area contributed by atoms with Gasteiger partial charge in [-0.25, -0.2) is 15.0 Å². The molecule has 3 aromatic heterocycles.